The number of carbonyl (C=O) groups is 1. The second-order valence-corrected chi connectivity index (χ2v) is 6.46. The normalized spacial score (nSPS) is 15.6. The predicted molar refractivity (Wildman–Crippen MR) is 108 cm³/mol. The molecule has 0 spiro atoms. The molecule has 6 nitrogen and oxygen atoms in total. The van der Waals surface area contributed by atoms with Crippen LogP contribution in [-0.4, -0.2) is 38.1 Å². The highest BCUT2D eigenvalue weighted by Gasteiger charge is 2.22. The van der Waals surface area contributed by atoms with Gasteiger partial charge in [0.2, 0.25) is 5.91 Å². The number of para-hydroxylation sites is 1. The molecule has 1 atom stereocenters. The molecule has 1 amide bonds. The van der Waals surface area contributed by atoms with Gasteiger partial charge in [-0.3, -0.25) is 9.79 Å². The van der Waals surface area contributed by atoms with Crippen LogP contribution in [0, 0.1) is 0 Å². The third-order valence-corrected chi connectivity index (χ3v) is 4.47. The fourth-order valence-electron chi connectivity index (χ4n) is 3.04. The summed E-state index contributed by atoms with van der Waals surface area (Å²) in [5.41, 5.74) is 3.22. The standard InChI is InChI=1S/C21H26N4O2/c1-3-15-7-6-9-17(11-15)25-20(26)14-24-21(22-2)23-13-18-12-16-8-4-5-10-19(16)27-18/h4-11,18H,3,12-14H2,1-2H3,(H,25,26)(H2,22,23,24). The number of aliphatic imine (C=N–C) groups is 1. The van der Waals surface area contributed by atoms with E-state index in [0.29, 0.717) is 12.5 Å². The number of fused-ring (bicyclic) bond motifs is 1. The van der Waals surface area contributed by atoms with Crippen LogP contribution in [0.5, 0.6) is 5.75 Å². The van der Waals surface area contributed by atoms with Crippen molar-refractivity contribution in [1.82, 2.24) is 10.6 Å². The molecule has 142 valence electrons. The van der Waals surface area contributed by atoms with Crippen molar-refractivity contribution in [2.24, 2.45) is 4.99 Å². The van der Waals surface area contributed by atoms with Gasteiger partial charge in [-0.1, -0.05) is 37.3 Å². The Balaban J connectivity index is 1.42. The molecule has 3 N–H and O–H groups in total. The van der Waals surface area contributed by atoms with E-state index in [1.165, 1.54) is 11.1 Å². The average molecular weight is 366 g/mol. The molecule has 0 saturated heterocycles. The van der Waals surface area contributed by atoms with Crippen LogP contribution in [0.3, 0.4) is 0 Å². The largest absolute Gasteiger partial charge is 0.488 e. The first-order valence-corrected chi connectivity index (χ1v) is 9.25. The lowest BCUT2D eigenvalue weighted by atomic mass is 10.1. The van der Waals surface area contributed by atoms with E-state index in [1.807, 2.05) is 42.5 Å². The lowest BCUT2D eigenvalue weighted by Crippen LogP contribution is -2.44. The summed E-state index contributed by atoms with van der Waals surface area (Å²) >= 11 is 0. The first-order chi connectivity index (χ1) is 13.2. The van der Waals surface area contributed by atoms with Crippen LogP contribution in [0.2, 0.25) is 0 Å². The minimum atomic E-state index is -0.115. The third-order valence-electron chi connectivity index (χ3n) is 4.47. The predicted octanol–water partition coefficient (Wildman–Crippen LogP) is 2.36. The van der Waals surface area contributed by atoms with Crippen molar-refractivity contribution in [2.75, 3.05) is 25.5 Å². The number of nitrogens with one attached hydrogen (secondary N) is 3. The molecule has 2 aromatic carbocycles. The number of guanidine groups is 1. The van der Waals surface area contributed by atoms with Gasteiger partial charge in [0.1, 0.15) is 11.9 Å². The van der Waals surface area contributed by atoms with Gasteiger partial charge >= 0.3 is 0 Å². The topological polar surface area (TPSA) is 74.8 Å². The molecule has 0 fully saturated rings. The first-order valence-electron chi connectivity index (χ1n) is 9.25. The van der Waals surface area contributed by atoms with E-state index in [0.717, 1.165) is 24.3 Å². The molecule has 2 aromatic rings. The fourth-order valence-corrected chi connectivity index (χ4v) is 3.04. The minimum absolute atomic E-state index is 0.0616. The number of aryl methyl sites for hydroxylation is 1. The second kappa shape index (κ2) is 9.07. The SMILES string of the molecule is CCc1cccc(NC(=O)CNC(=NC)NCC2Cc3ccccc3O2)c1. The van der Waals surface area contributed by atoms with Gasteiger partial charge in [0, 0.05) is 19.2 Å². The van der Waals surface area contributed by atoms with Crippen LogP contribution >= 0.6 is 0 Å². The Labute approximate surface area is 160 Å². The minimum Gasteiger partial charge on any atom is -0.488 e. The quantitative estimate of drug-likeness (QED) is 0.542. The number of rotatable bonds is 6. The molecule has 1 aliphatic rings. The highest BCUT2D eigenvalue weighted by atomic mass is 16.5. The Morgan fingerprint density at radius 3 is 2.81 bits per heavy atom. The highest BCUT2D eigenvalue weighted by molar-refractivity contribution is 5.95. The van der Waals surface area contributed by atoms with E-state index >= 15 is 0 Å². The molecule has 1 unspecified atom stereocenters. The number of ether oxygens (including phenoxy) is 1. The molecule has 0 aromatic heterocycles. The molecular weight excluding hydrogens is 340 g/mol. The first kappa shape index (κ1) is 18.8. The van der Waals surface area contributed by atoms with Crippen LogP contribution in [0.1, 0.15) is 18.1 Å². The fraction of sp³-hybridized carbons (Fsp3) is 0.333. The Bertz CT molecular complexity index is 794. The Hall–Kier alpha value is -3.02. The number of carbonyl (C=O) groups excluding carboxylic acids is 1. The molecule has 3 rings (SSSR count). The smallest absolute Gasteiger partial charge is 0.243 e. The van der Waals surface area contributed by atoms with Crippen LogP contribution in [0.4, 0.5) is 5.69 Å². The number of hydrogen-bond acceptors (Lipinski definition) is 3. The van der Waals surface area contributed by atoms with E-state index in [-0.39, 0.29) is 18.6 Å². The monoisotopic (exact) mass is 366 g/mol. The molecule has 27 heavy (non-hydrogen) atoms. The summed E-state index contributed by atoms with van der Waals surface area (Å²) < 4.78 is 5.90. The summed E-state index contributed by atoms with van der Waals surface area (Å²) in [6.45, 7) is 2.85. The molecular formula is C21H26N4O2. The summed E-state index contributed by atoms with van der Waals surface area (Å²) in [6, 6.07) is 15.9. The maximum absolute atomic E-state index is 12.2. The lowest BCUT2D eigenvalue weighted by molar-refractivity contribution is -0.115. The van der Waals surface area contributed by atoms with Gasteiger partial charge in [0.05, 0.1) is 13.1 Å². The van der Waals surface area contributed by atoms with Gasteiger partial charge in [-0.15, -0.1) is 0 Å². The van der Waals surface area contributed by atoms with Crippen LogP contribution in [0.25, 0.3) is 0 Å². The van der Waals surface area contributed by atoms with Crippen molar-refractivity contribution < 1.29 is 9.53 Å². The lowest BCUT2D eigenvalue weighted by Gasteiger charge is -2.15. The van der Waals surface area contributed by atoms with Crippen molar-refractivity contribution in [1.29, 1.82) is 0 Å². The van der Waals surface area contributed by atoms with Crippen molar-refractivity contribution in [3.63, 3.8) is 0 Å². The molecule has 0 bridgehead atoms. The molecule has 0 saturated carbocycles. The van der Waals surface area contributed by atoms with Gasteiger partial charge in [-0.05, 0) is 35.7 Å². The average Bonchev–Trinajstić information content (AvgIpc) is 3.11. The summed E-state index contributed by atoms with van der Waals surface area (Å²) in [6.07, 6.45) is 1.87. The summed E-state index contributed by atoms with van der Waals surface area (Å²) in [7, 11) is 1.68. The van der Waals surface area contributed by atoms with E-state index in [4.69, 9.17) is 4.74 Å². The summed E-state index contributed by atoms with van der Waals surface area (Å²) in [5, 5.41) is 9.15. The van der Waals surface area contributed by atoms with E-state index in [1.54, 1.807) is 7.05 Å². The van der Waals surface area contributed by atoms with Crippen LogP contribution in [-0.2, 0) is 17.6 Å². The van der Waals surface area contributed by atoms with Crippen LogP contribution in [0.15, 0.2) is 53.5 Å². The van der Waals surface area contributed by atoms with Gasteiger partial charge in [0.15, 0.2) is 5.96 Å². The van der Waals surface area contributed by atoms with E-state index in [9.17, 15) is 4.79 Å². The zero-order valence-corrected chi connectivity index (χ0v) is 15.8. The van der Waals surface area contributed by atoms with Crippen molar-refractivity contribution in [3.8, 4) is 5.75 Å². The van der Waals surface area contributed by atoms with Gasteiger partial charge < -0.3 is 20.7 Å². The van der Waals surface area contributed by atoms with Gasteiger partial charge in [0.25, 0.3) is 0 Å². The van der Waals surface area contributed by atoms with Gasteiger partial charge in [-0.2, -0.15) is 0 Å². The number of nitrogens with zero attached hydrogens (tertiary/aromatic N) is 1. The van der Waals surface area contributed by atoms with Crippen molar-refractivity contribution >= 4 is 17.6 Å². The van der Waals surface area contributed by atoms with Crippen molar-refractivity contribution in [2.45, 2.75) is 25.9 Å². The summed E-state index contributed by atoms with van der Waals surface area (Å²) in [4.78, 5) is 16.3. The number of hydrogen-bond donors (Lipinski definition) is 3. The highest BCUT2D eigenvalue weighted by Crippen LogP contribution is 2.27. The molecule has 0 radical (unpaired) electrons. The zero-order chi connectivity index (χ0) is 19.1. The zero-order valence-electron chi connectivity index (χ0n) is 15.8. The van der Waals surface area contributed by atoms with Crippen LogP contribution < -0.4 is 20.7 Å². The molecule has 1 aliphatic heterocycles. The Kier molecular flexibility index (Phi) is 6.30. The maximum atomic E-state index is 12.2. The molecule has 1 heterocycles. The molecule has 0 aliphatic carbocycles. The number of amides is 1. The maximum Gasteiger partial charge on any atom is 0.243 e. The Morgan fingerprint density at radius 2 is 2.04 bits per heavy atom. The van der Waals surface area contributed by atoms with E-state index in [2.05, 4.69) is 33.9 Å². The number of benzene rings is 2. The van der Waals surface area contributed by atoms with E-state index < -0.39 is 0 Å². The Morgan fingerprint density at radius 1 is 1.19 bits per heavy atom. The number of anilines is 1. The molecule has 6 heteroatoms. The summed E-state index contributed by atoms with van der Waals surface area (Å²) in [5.74, 6) is 1.41. The van der Waals surface area contributed by atoms with Crippen molar-refractivity contribution in [3.05, 3.63) is 59.7 Å². The van der Waals surface area contributed by atoms with Gasteiger partial charge in [-0.25, -0.2) is 0 Å². The third kappa shape index (κ3) is 5.23. The second-order valence-electron chi connectivity index (χ2n) is 6.46.